The van der Waals surface area contributed by atoms with Gasteiger partial charge < -0.3 is 10.2 Å². The van der Waals surface area contributed by atoms with E-state index in [0.717, 1.165) is 33.9 Å². The Balaban J connectivity index is 1.31. The molecule has 4 aliphatic carbocycles. The van der Waals surface area contributed by atoms with E-state index in [1.165, 1.54) is 49.0 Å². The molecule has 4 saturated carbocycles. The van der Waals surface area contributed by atoms with Crippen LogP contribution < -0.4 is 9.62 Å². The van der Waals surface area contributed by atoms with Crippen molar-refractivity contribution in [3.05, 3.63) is 99.5 Å². The molecule has 0 aliphatic heterocycles. The molecule has 4 bridgehead atoms. The molecule has 2 amide bonds. The number of nitrogens with one attached hydrogen (secondary N) is 1. The summed E-state index contributed by atoms with van der Waals surface area (Å²) in [4.78, 5) is 29.8. The van der Waals surface area contributed by atoms with E-state index in [2.05, 4.69) is 17.4 Å². The highest BCUT2D eigenvalue weighted by Gasteiger charge is 2.51. The van der Waals surface area contributed by atoms with Gasteiger partial charge in [-0.1, -0.05) is 85.6 Å². The monoisotopic (exact) mass is 723 g/mol. The Morgan fingerprint density at radius 2 is 1.47 bits per heavy atom. The fourth-order valence-corrected chi connectivity index (χ4v) is 10.0. The average molecular weight is 725 g/mol. The normalized spacial score (nSPS) is 23.3. The number of benzene rings is 3. The lowest BCUT2D eigenvalue weighted by Gasteiger charge is -2.57. The number of carbonyl (C=O) groups excluding carboxylic acids is 2. The quantitative estimate of drug-likeness (QED) is 0.196. The highest BCUT2D eigenvalue weighted by molar-refractivity contribution is 7.92. The van der Waals surface area contributed by atoms with Crippen LogP contribution in [0.4, 0.5) is 5.69 Å². The summed E-state index contributed by atoms with van der Waals surface area (Å²) in [5.41, 5.74) is 3.43. The van der Waals surface area contributed by atoms with Gasteiger partial charge in [0, 0.05) is 19.5 Å². The number of sulfonamides is 1. The van der Waals surface area contributed by atoms with Gasteiger partial charge in [0.25, 0.3) is 0 Å². The summed E-state index contributed by atoms with van der Waals surface area (Å²) >= 11 is 12.6. The molecule has 0 radical (unpaired) electrons. The molecule has 49 heavy (non-hydrogen) atoms. The summed E-state index contributed by atoms with van der Waals surface area (Å²) < 4.78 is 27.9. The van der Waals surface area contributed by atoms with Crippen LogP contribution in [0.3, 0.4) is 0 Å². The van der Waals surface area contributed by atoms with Crippen molar-refractivity contribution in [3.8, 4) is 0 Å². The highest BCUT2D eigenvalue weighted by atomic mass is 35.5. The van der Waals surface area contributed by atoms with Crippen molar-refractivity contribution in [1.82, 2.24) is 10.2 Å². The Hall–Kier alpha value is -3.07. The van der Waals surface area contributed by atoms with Gasteiger partial charge in [-0.15, -0.1) is 0 Å². The van der Waals surface area contributed by atoms with Gasteiger partial charge >= 0.3 is 0 Å². The maximum Gasteiger partial charge on any atom is 0.244 e. The number of hydrogen-bond acceptors (Lipinski definition) is 4. The number of hydrogen-bond donors (Lipinski definition) is 1. The molecular formula is C39H47Cl2N3O4S. The first-order valence-electron chi connectivity index (χ1n) is 17.4. The number of anilines is 1. The van der Waals surface area contributed by atoms with Crippen molar-refractivity contribution >= 4 is 50.7 Å². The lowest BCUT2D eigenvalue weighted by molar-refractivity contribution is -0.140. The smallest absolute Gasteiger partial charge is 0.244 e. The van der Waals surface area contributed by atoms with E-state index in [4.69, 9.17) is 23.2 Å². The van der Waals surface area contributed by atoms with E-state index in [1.807, 2.05) is 56.3 Å². The zero-order chi connectivity index (χ0) is 34.9. The molecule has 0 heterocycles. The van der Waals surface area contributed by atoms with Crippen molar-refractivity contribution in [2.75, 3.05) is 23.7 Å². The topological polar surface area (TPSA) is 86.8 Å². The molecule has 4 fully saturated rings. The van der Waals surface area contributed by atoms with E-state index in [9.17, 15) is 18.0 Å². The summed E-state index contributed by atoms with van der Waals surface area (Å²) in [6.45, 7) is 4.02. The fourth-order valence-electron chi connectivity index (χ4n) is 8.87. The van der Waals surface area contributed by atoms with Crippen LogP contribution in [0.1, 0.15) is 69.1 Å². The molecular weight excluding hydrogens is 677 g/mol. The first-order valence-corrected chi connectivity index (χ1v) is 20.0. The Bertz CT molecular complexity index is 1730. The van der Waals surface area contributed by atoms with E-state index in [0.29, 0.717) is 27.8 Å². The van der Waals surface area contributed by atoms with Gasteiger partial charge in [0.15, 0.2) is 0 Å². The largest absolute Gasteiger partial charge is 0.354 e. The third-order valence-corrected chi connectivity index (χ3v) is 12.7. The molecule has 1 unspecified atom stereocenters. The molecule has 10 heteroatoms. The van der Waals surface area contributed by atoms with Gasteiger partial charge in [-0.05, 0) is 109 Å². The van der Waals surface area contributed by atoms with Crippen molar-refractivity contribution in [3.63, 3.8) is 0 Å². The van der Waals surface area contributed by atoms with Gasteiger partial charge in [0.1, 0.15) is 12.6 Å². The molecule has 7 nitrogen and oxygen atoms in total. The van der Waals surface area contributed by atoms with Crippen molar-refractivity contribution in [2.24, 2.45) is 23.7 Å². The molecule has 4 aliphatic rings. The fraction of sp³-hybridized carbons (Fsp3) is 0.487. The molecule has 0 spiro atoms. The minimum Gasteiger partial charge on any atom is -0.354 e. The van der Waals surface area contributed by atoms with Gasteiger partial charge in [-0.25, -0.2) is 8.42 Å². The highest BCUT2D eigenvalue weighted by Crippen LogP contribution is 2.60. The van der Waals surface area contributed by atoms with Gasteiger partial charge in [0.05, 0.1) is 22.0 Å². The Labute approximate surface area is 301 Å². The van der Waals surface area contributed by atoms with Crippen molar-refractivity contribution in [1.29, 1.82) is 0 Å². The van der Waals surface area contributed by atoms with Crippen LogP contribution >= 0.6 is 23.2 Å². The standard InChI is InChI=1S/C39H47Cl2N3O4S/c1-26(2)23-42-38(46)36(19-27-7-5-4-6-8-27)43(24-28-9-14-34(40)35(41)18-28)37(45)25-44(49(3,47)48)33-12-10-32(11-13-33)39-20-29-15-30(21-39)17-31(16-29)22-39/h4-14,18,26,29-31,36H,15-17,19-25H2,1-3H3,(H,42,46). The third kappa shape index (κ3) is 8.29. The first kappa shape index (κ1) is 35.7. The minimum absolute atomic E-state index is 0.0326. The summed E-state index contributed by atoms with van der Waals surface area (Å²) in [5.74, 6) is 1.76. The predicted octanol–water partition coefficient (Wildman–Crippen LogP) is 7.64. The predicted molar refractivity (Wildman–Crippen MR) is 197 cm³/mol. The second-order valence-electron chi connectivity index (χ2n) is 15.1. The zero-order valence-corrected chi connectivity index (χ0v) is 30.9. The average Bonchev–Trinajstić information content (AvgIpc) is 3.05. The summed E-state index contributed by atoms with van der Waals surface area (Å²) in [7, 11) is -3.87. The molecule has 262 valence electrons. The summed E-state index contributed by atoms with van der Waals surface area (Å²) in [6.07, 6.45) is 9.03. The number of nitrogens with zero attached hydrogens (tertiary/aromatic N) is 2. The van der Waals surface area contributed by atoms with Gasteiger partial charge in [0.2, 0.25) is 21.8 Å². The summed E-state index contributed by atoms with van der Waals surface area (Å²) in [5, 5.41) is 3.71. The lowest BCUT2D eigenvalue weighted by Crippen LogP contribution is -2.53. The Morgan fingerprint density at radius 1 is 0.857 bits per heavy atom. The molecule has 3 aromatic rings. The SMILES string of the molecule is CC(C)CNC(=O)C(Cc1ccccc1)N(Cc1ccc(Cl)c(Cl)c1)C(=O)CN(c1ccc(C23CC4CC(CC(C4)C2)C3)cc1)S(C)(=O)=O. The lowest BCUT2D eigenvalue weighted by atomic mass is 9.48. The molecule has 3 aromatic carbocycles. The molecule has 0 saturated heterocycles. The summed E-state index contributed by atoms with van der Waals surface area (Å²) in [6, 6.07) is 21.5. The van der Waals surface area contributed by atoms with Crippen LogP contribution in [-0.2, 0) is 38.0 Å². The number of rotatable bonds is 13. The molecule has 0 aromatic heterocycles. The second kappa shape index (κ2) is 14.7. The Morgan fingerprint density at radius 3 is 2.02 bits per heavy atom. The van der Waals surface area contributed by atoms with Crippen molar-refractivity contribution in [2.45, 2.75) is 76.8 Å². The van der Waals surface area contributed by atoms with E-state index in [-0.39, 0.29) is 30.2 Å². The van der Waals surface area contributed by atoms with Gasteiger partial charge in [-0.2, -0.15) is 0 Å². The van der Waals surface area contributed by atoms with Crippen LogP contribution in [0.5, 0.6) is 0 Å². The van der Waals surface area contributed by atoms with E-state index in [1.54, 1.807) is 18.2 Å². The zero-order valence-electron chi connectivity index (χ0n) is 28.6. The maximum absolute atomic E-state index is 14.5. The second-order valence-corrected chi connectivity index (χ2v) is 17.9. The van der Waals surface area contributed by atoms with Crippen molar-refractivity contribution < 1.29 is 18.0 Å². The number of halogens is 2. The number of amides is 2. The van der Waals surface area contributed by atoms with Crippen LogP contribution in [0.15, 0.2) is 72.8 Å². The van der Waals surface area contributed by atoms with Gasteiger partial charge in [-0.3, -0.25) is 13.9 Å². The van der Waals surface area contributed by atoms with E-state index < -0.39 is 28.5 Å². The van der Waals surface area contributed by atoms with Crippen LogP contribution in [0, 0.1) is 23.7 Å². The molecule has 1 atom stereocenters. The molecule has 7 rings (SSSR count). The third-order valence-electron chi connectivity index (χ3n) is 10.8. The van der Waals surface area contributed by atoms with Crippen LogP contribution in [0.25, 0.3) is 0 Å². The first-order chi connectivity index (χ1) is 23.3. The molecule has 1 N–H and O–H groups in total. The van der Waals surface area contributed by atoms with E-state index >= 15 is 0 Å². The maximum atomic E-state index is 14.5. The Kier molecular flexibility index (Phi) is 10.7. The van der Waals surface area contributed by atoms with Crippen LogP contribution in [-0.4, -0.2) is 50.5 Å². The van der Waals surface area contributed by atoms with Crippen LogP contribution in [0.2, 0.25) is 10.0 Å². The minimum atomic E-state index is -3.87. The number of carbonyl (C=O) groups is 2.